The molecule has 0 amide bonds. The predicted molar refractivity (Wildman–Crippen MR) is 308 cm³/mol. The molecule has 0 unspecified atom stereocenters. The summed E-state index contributed by atoms with van der Waals surface area (Å²) in [7, 11) is 0. The van der Waals surface area contributed by atoms with Crippen molar-refractivity contribution in [2.75, 3.05) is 4.90 Å². The Hall–Kier alpha value is -9.10. The molecule has 0 saturated heterocycles. The summed E-state index contributed by atoms with van der Waals surface area (Å²) < 4.78 is 0. The zero-order valence-electron chi connectivity index (χ0n) is 41.8. The Kier molecular flexibility index (Phi) is 8.89. The van der Waals surface area contributed by atoms with Crippen LogP contribution in [0.15, 0.2) is 213 Å². The van der Waals surface area contributed by atoms with E-state index in [0.29, 0.717) is 5.56 Å². The molecule has 0 bridgehead atoms. The lowest BCUT2D eigenvalue weighted by atomic mass is 9.79. The summed E-state index contributed by atoms with van der Waals surface area (Å²) in [6, 6.07) is 77.3. The highest BCUT2D eigenvalue weighted by Gasteiger charge is 2.37. The maximum absolute atomic E-state index is 10.4. The molecule has 0 saturated carbocycles. The predicted octanol–water partition coefficient (Wildman–Crippen LogP) is 18.5. The quantitative estimate of drug-likeness (QED) is 0.127. The normalized spacial score (nSPS) is 14.3. The van der Waals surface area contributed by atoms with Crippen molar-refractivity contribution in [3.05, 3.63) is 246 Å². The fourth-order valence-corrected chi connectivity index (χ4v) is 13.6. The lowest BCUT2D eigenvalue weighted by molar-refractivity contribution is 0.660. The Morgan fingerprint density at radius 1 is 0.419 bits per heavy atom. The zero-order chi connectivity index (χ0) is 49.6. The number of pyridine rings is 1. The molecule has 2 aliphatic carbocycles. The van der Waals surface area contributed by atoms with Crippen molar-refractivity contribution in [3.8, 4) is 72.8 Å². The van der Waals surface area contributed by atoms with Gasteiger partial charge >= 0.3 is 0 Å². The van der Waals surface area contributed by atoms with Gasteiger partial charge in [0.15, 0.2) is 0 Å². The largest absolute Gasteiger partial charge is 0.336 e. The lowest BCUT2D eigenvalue weighted by Crippen LogP contribution is -2.20. The van der Waals surface area contributed by atoms with Gasteiger partial charge in [-0.25, -0.2) is 0 Å². The summed E-state index contributed by atoms with van der Waals surface area (Å²) in [5.41, 5.74) is 24.0. The van der Waals surface area contributed by atoms with Crippen LogP contribution in [0, 0.1) is 11.3 Å². The molecule has 2 heterocycles. The van der Waals surface area contributed by atoms with Gasteiger partial charge in [-0.1, -0.05) is 173 Å². The van der Waals surface area contributed by atoms with E-state index in [1.807, 2.05) is 24.5 Å². The van der Waals surface area contributed by atoms with Crippen LogP contribution in [-0.2, 0) is 17.4 Å². The second-order valence-electron chi connectivity index (χ2n) is 21.7. The highest BCUT2D eigenvalue weighted by Crippen LogP contribution is 2.55. The molecule has 0 atom stereocenters. The molecule has 0 N–H and O–H groups in total. The second-order valence-corrected chi connectivity index (χ2v) is 21.7. The Morgan fingerprint density at radius 2 is 0.973 bits per heavy atom. The maximum atomic E-state index is 10.4. The van der Waals surface area contributed by atoms with Gasteiger partial charge in [0, 0.05) is 57.5 Å². The van der Waals surface area contributed by atoms with Crippen LogP contribution in [0.2, 0.25) is 0 Å². The molecular formula is C71H49N3. The van der Waals surface area contributed by atoms with Gasteiger partial charge < -0.3 is 4.90 Å². The molecule has 12 aromatic rings. The van der Waals surface area contributed by atoms with E-state index in [1.165, 1.54) is 110 Å². The third-order valence-electron chi connectivity index (χ3n) is 17.2. The Morgan fingerprint density at radius 3 is 1.61 bits per heavy atom. The van der Waals surface area contributed by atoms with E-state index in [4.69, 9.17) is 0 Å². The van der Waals surface area contributed by atoms with Crippen LogP contribution in [-0.4, -0.2) is 4.98 Å². The number of fused-ring (bicyclic) bond motifs is 8. The number of nitriles is 1. The Labute approximate surface area is 431 Å². The van der Waals surface area contributed by atoms with Crippen LogP contribution in [0.3, 0.4) is 0 Å². The first kappa shape index (κ1) is 42.6. The summed E-state index contributed by atoms with van der Waals surface area (Å²) in [6.07, 6.45) is 3.83. The third-order valence-corrected chi connectivity index (χ3v) is 17.2. The molecule has 3 aliphatic rings. The molecule has 74 heavy (non-hydrogen) atoms. The number of nitrogens with zero attached hydrogens (tertiary/aromatic N) is 3. The molecule has 0 radical (unpaired) electrons. The van der Waals surface area contributed by atoms with Crippen LogP contribution < -0.4 is 4.90 Å². The SMILES string of the molecule is CC1(C)c2ccccc2-c2ccc(-c3c4ccc(-c5ccc6c7c5ccc5c(C#N)ccc(c57)CN6c5ccccc5)cc4c(-c4ccc5c(c4)C(C)(C)c4ccccc4-5)c4ccc(-c5cccnc5)cc34)cc21. The smallest absolute Gasteiger partial charge is 0.0998 e. The van der Waals surface area contributed by atoms with Gasteiger partial charge in [0.1, 0.15) is 0 Å². The average Bonchev–Trinajstić information content (AvgIpc) is 3.82. The number of anilines is 2. The van der Waals surface area contributed by atoms with Crippen molar-refractivity contribution < 1.29 is 0 Å². The minimum Gasteiger partial charge on any atom is -0.336 e. The van der Waals surface area contributed by atoms with Crippen LogP contribution in [0.1, 0.15) is 61.1 Å². The van der Waals surface area contributed by atoms with Crippen LogP contribution in [0.5, 0.6) is 0 Å². The first-order chi connectivity index (χ1) is 36.2. The highest BCUT2D eigenvalue weighted by molar-refractivity contribution is 6.25. The molecule has 0 spiro atoms. The summed E-state index contributed by atoms with van der Waals surface area (Å²) in [6.45, 7) is 10.2. The summed E-state index contributed by atoms with van der Waals surface area (Å²) in [5, 5.41) is 19.8. The first-order valence-corrected chi connectivity index (χ1v) is 25.9. The molecule has 1 aliphatic heterocycles. The molecule has 3 heteroatoms. The van der Waals surface area contributed by atoms with Gasteiger partial charge in [-0.15, -0.1) is 0 Å². The van der Waals surface area contributed by atoms with Crippen LogP contribution >= 0.6 is 0 Å². The fraction of sp³-hybridized carbons (Fsp3) is 0.0986. The van der Waals surface area contributed by atoms with E-state index in [9.17, 15) is 5.26 Å². The number of hydrogen-bond donors (Lipinski definition) is 0. The van der Waals surface area contributed by atoms with Crippen molar-refractivity contribution in [1.82, 2.24) is 4.98 Å². The van der Waals surface area contributed by atoms with Gasteiger partial charge in [-0.05, 0) is 176 Å². The fourth-order valence-electron chi connectivity index (χ4n) is 13.6. The van der Waals surface area contributed by atoms with E-state index < -0.39 is 0 Å². The summed E-state index contributed by atoms with van der Waals surface area (Å²) >= 11 is 0. The van der Waals surface area contributed by atoms with E-state index in [1.54, 1.807) is 0 Å². The maximum Gasteiger partial charge on any atom is 0.0998 e. The minimum atomic E-state index is -0.173. The lowest BCUT2D eigenvalue weighted by Gasteiger charge is -2.32. The highest BCUT2D eigenvalue weighted by atomic mass is 15.1. The Bertz CT molecular complexity index is 4460. The first-order valence-electron chi connectivity index (χ1n) is 25.9. The summed E-state index contributed by atoms with van der Waals surface area (Å²) in [5.74, 6) is 0. The monoisotopic (exact) mass is 943 g/mol. The van der Waals surface area contributed by atoms with E-state index in [2.05, 4.69) is 232 Å². The van der Waals surface area contributed by atoms with Gasteiger partial charge in [-0.2, -0.15) is 5.26 Å². The standard InChI is InChI=1S/C71H49N3/c1-70(2)61-18-10-8-16-52(61)54-26-24-44(37-63(54)70)66-58-29-23-43(50-32-33-65-69-56(50)31-30-51-46(39-72)20-21-48(68(51)69)41-74(65)49-14-6-5-7-15-49)36-60(58)67(57-28-22-42(35-59(57)66)47-13-12-34-73-40-47)45-25-27-55-53-17-9-11-19-62(53)71(3,4)64(55)38-45/h5-38,40H,41H2,1-4H3. The molecule has 15 rings (SSSR count). The second kappa shape index (κ2) is 15.5. The molecular weight excluding hydrogens is 895 g/mol. The van der Waals surface area contributed by atoms with E-state index in [-0.39, 0.29) is 10.8 Å². The third kappa shape index (κ3) is 5.91. The number of hydrogen-bond acceptors (Lipinski definition) is 3. The van der Waals surface area contributed by atoms with Crippen molar-refractivity contribution >= 4 is 54.5 Å². The number of benzene rings is 11. The van der Waals surface area contributed by atoms with Crippen molar-refractivity contribution in [2.24, 2.45) is 0 Å². The van der Waals surface area contributed by atoms with Gasteiger partial charge in [0.2, 0.25) is 0 Å². The van der Waals surface area contributed by atoms with Crippen LogP contribution in [0.25, 0.3) is 110 Å². The molecule has 0 fully saturated rings. The molecule has 1 aromatic heterocycles. The van der Waals surface area contributed by atoms with Crippen LogP contribution in [0.4, 0.5) is 11.4 Å². The van der Waals surface area contributed by atoms with Gasteiger partial charge in [0.05, 0.1) is 11.6 Å². The van der Waals surface area contributed by atoms with Gasteiger partial charge in [-0.3, -0.25) is 4.98 Å². The average molecular weight is 944 g/mol. The topological polar surface area (TPSA) is 39.9 Å². The molecule has 11 aromatic carbocycles. The van der Waals surface area contributed by atoms with Crippen molar-refractivity contribution in [3.63, 3.8) is 0 Å². The molecule has 348 valence electrons. The molecule has 3 nitrogen and oxygen atoms in total. The van der Waals surface area contributed by atoms with Crippen molar-refractivity contribution in [2.45, 2.75) is 45.1 Å². The van der Waals surface area contributed by atoms with E-state index in [0.717, 1.165) is 45.6 Å². The summed E-state index contributed by atoms with van der Waals surface area (Å²) in [4.78, 5) is 7.01. The minimum absolute atomic E-state index is 0.166. The van der Waals surface area contributed by atoms with Gasteiger partial charge in [0.25, 0.3) is 0 Å². The zero-order valence-corrected chi connectivity index (χ0v) is 41.8. The number of para-hydroxylation sites is 1. The Balaban J connectivity index is 1.04. The number of aromatic nitrogens is 1. The van der Waals surface area contributed by atoms with Crippen molar-refractivity contribution in [1.29, 1.82) is 5.26 Å². The number of rotatable bonds is 5. The van der Waals surface area contributed by atoms with E-state index >= 15 is 0 Å².